The highest BCUT2D eigenvalue weighted by atomic mass is 16.6. The Labute approximate surface area is 291 Å². The second-order valence-corrected chi connectivity index (χ2v) is 14.6. The molecule has 0 N–H and O–H groups in total. The molecule has 0 aromatic rings. The van der Waals surface area contributed by atoms with Crippen molar-refractivity contribution in [2.24, 2.45) is 11.8 Å². The fraction of sp³-hybridized carbons (Fsp3) is 0.927. The van der Waals surface area contributed by atoms with Crippen molar-refractivity contribution in [3.8, 4) is 0 Å². The minimum Gasteiger partial charge on any atom is -0.462 e. The lowest BCUT2D eigenvalue weighted by Crippen LogP contribution is -2.30. The van der Waals surface area contributed by atoms with Crippen LogP contribution in [0, 0.1) is 11.8 Å². The Bertz CT molecular complexity index is 721. The minimum atomic E-state index is -0.758. The number of rotatable bonds is 35. The summed E-state index contributed by atoms with van der Waals surface area (Å²) in [5.41, 5.74) is 0. The zero-order valence-electron chi connectivity index (χ0n) is 31.9. The number of carbonyl (C=O) groups is 3. The van der Waals surface area contributed by atoms with Gasteiger partial charge in [0, 0.05) is 19.3 Å². The van der Waals surface area contributed by atoms with Crippen LogP contribution in [-0.4, -0.2) is 37.2 Å². The summed E-state index contributed by atoms with van der Waals surface area (Å²) in [5, 5.41) is 0. The molecule has 0 aromatic heterocycles. The third-order valence-electron chi connectivity index (χ3n) is 9.33. The number of hydrogen-bond donors (Lipinski definition) is 0. The van der Waals surface area contributed by atoms with Crippen LogP contribution >= 0.6 is 0 Å². The van der Waals surface area contributed by atoms with Gasteiger partial charge in [-0.2, -0.15) is 0 Å². The topological polar surface area (TPSA) is 78.9 Å². The predicted molar refractivity (Wildman–Crippen MR) is 196 cm³/mol. The summed E-state index contributed by atoms with van der Waals surface area (Å²) in [7, 11) is 0. The van der Waals surface area contributed by atoms with Crippen LogP contribution in [0.5, 0.6) is 0 Å². The van der Waals surface area contributed by atoms with Gasteiger partial charge in [0.2, 0.25) is 0 Å². The number of carbonyl (C=O) groups excluding carboxylic acids is 3. The van der Waals surface area contributed by atoms with Crippen LogP contribution in [0.25, 0.3) is 0 Å². The highest BCUT2D eigenvalue weighted by Gasteiger charge is 2.19. The fourth-order valence-electron chi connectivity index (χ4n) is 5.84. The van der Waals surface area contributed by atoms with Crippen molar-refractivity contribution in [3.05, 3.63) is 0 Å². The van der Waals surface area contributed by atoms with Gasteiger partial charge in [-0.05, 0) is 31.1 Å². The normalized spacial score (nSPS) is 12.6. The molecule has 0 aliphatic carbocycles. The molecule has 6 heteroatoms. The largest absolute Gasteiger partial charge is 0.462 e. The van der Waals surface area contributed by atoms with Gasteiger partial charge >= 0.3 is 17.9 Å². The Kier molecular flexibility index (Phi) is 33.1. The van der Waals surface area contributed by atoms with E-state index in [9.17, 15) is 14.4 Å². The monoisotopic (exact) mass is 667 g/mol. The molecule has 278 valence electrons. The van der Waals surface area contributed by atoms with Crippen LogP contribution in [0.4, 0.5) is 0 Å². The van der Waals surface area contributed by atoms with Crippen molar-refractivity contribution in [1.82, 2.24) is 0 Å². The average Bonchev–Trinajstić information content (AvgIpc) is 3.05. The predicted octanol–water partition coefficient (Wildman–Crippen LogP) is 12.2. The van der Waals surface area contributed by atoms with E-state index in [0.29, 0.717) is 19.3 Å². The standard InChI is InChI=1S/C41H78O6/c1-6-8-9-19-26-31-39(42)45-34-38(47-41(44)33-28-23-18-14-15-20-24-29-36(3)4)35-46-40(43)32-27-22-17-13-11-10-12-16-21-25-30-37(5)7-2/h36-38H,6-35H2,1-5H3/t37?,38-/m1/s1. The van der Waals surface area contributed by atoms with Crippen LogP contribution in [0.1, 0.15) is 214 Å². The van der Waals surface area contributed by atoms with E-state index in [-0.39, 0.29) is 31.1 Å². The molecule has 0 radical (unpaired) electrons. The maximum Gasteiger partial charge on any atom is 0.306 e. The van der Waals surface area contributed by atoms with Crippen molar-refractivity contribution in [1.29, 1.82) is 0 Å². The smallest absolute Gasteiger partial charge is 0.306 e. The maximum absolute atomic E-state index is 12.6. The minimum absolute atomic E-state index is 0.0674. The van der Waals surface area contributed by atoms with E-state index in [1.165, 1.54) is 96.3 Å². The number of unbranched alkanes of at least 4 members (excludes halogenated alkanes) is 19. The van der Waals surface area contributed by atoms with Gasteiger partial charge < -0.3 is 14.2 Å². The molecule has 1 unspecified atom stereocenters. The van der Waals surface area contributed by atoms with Crippen LogP contribution in [0.15, 0.2) is 0 Å². The molecule has 2 atom stereocenters. The molecular formula is C41H78O6. The number of ether oxygens (including phenoxy) is 3. The summed E-state index contributed by atoms with van der Waals surface area (Å²) in [5.74, 6) is 0.767. The SMILES string of the molecule is CCCCCCCC(=O)OC[C@H](COC(=O)CCCCCCCCCCCCC(C)CC)OC(=O)CCCCCCCCCC(C)C. The van der Waals surface area contributed by atoms with Crippen molar-refractivity contribution in [2.45, 2.75) is 221 Å². The summed E-state index contributed by atoms with van der Waals surface area (Å²) in [4.78, 5) is 37.3. The molecule has 0 aromatic carbocycles. The Hall–Kier alpha value is -1.59. The van der Waals surface area contributed by atoms with E-state index in [1.54, 1.807) is 0 Å². The molecule has 0 rings (SSSR count). The van der Waals surface area contributed by atoms with Gasteiger partial charge in [0.25, 0.3) is 0 Å². The van der Waals surface area contributed by atoms with Crippen LogP contribution in [-0.2, 0) is 28.6 Å². The number of esters is 3. The van der Waals surface area contributed by atoms with Crippen molar-refractivity contribution >= 4 is 17.9 Å². The third-order valence-corrected chi connectivity index (χ3v) is 9.33. The first kappa shape index (κ1) is 45.4. The van der Waals surface area contributed by atoms with E-state index < -0.39 is 6.10 Å². The van der Waals surface area contributed by atoms with Gasteiger partial charge in [-0.25, -0.2) is 0 Å². The molecule has 0 bridgehead atoms. The summed E-state index contributed by atoms with van der Waals surface area (Å²) >= 11 is 0. The molecule has 0 amide bonds. The van der Waals surface area contributed by atoms with Gasteiger partial charge in [0.15, 0.2) is 6.10 Å². The van der Waals surface area contributed by atoms with E-state index in [4.69, 9.17) is 14.2 Å². The van der Waals surface area contributed by atoms with Gasteiger partial charge in [0.1, 0.15) is 13.2 Å². The maximum atomic E-state index is 12.6. The third kappa shape index (κ3) is 34.1. The fourth-order valence-corrected chi connectivity index (χ4v) is 5.84. The summed E-state index contributed by atoms with van der Waals surface area (Å²) in [6, 6.07) is 0. The van der Waals surface area contributed by atoms with Crippen molar-refractivity contribution in [3.63, 3.8) is 0 Å². The molecule has 0 heterocycles. The quantitative estimate of drug-likeness (QED) is 0.0380. The molecular weight excluding hydrogens is 588 g/mol. The summed E-state index contributed by atoms with van der Waals surface area (Å²) in [6.45, 7) is 11.2. The highest BCUT2D eigenvalue weighted by Crippen LogP contribution is 2.16. The van der Waals surface area contributed by atoms with Gasteiger partial charge in [-0.3, -0.25) is 14.4 Å². The van der Waals surface area contributed by atoms with Gasteiger partial charge in [-0.1, -0.05) is 176 Å². The van der Waals surface area contributed by atoms with Gasteiger partial charge in [-0.15, -0.1) is 0 Å². The molecule has 47 heavy (non-hydrogen) atoms. The first-order chi connectivity index (χ1) is 22.8. The van der Waals surface area contributed by atoms with E-state index in [0.717, 1.165) is 76.0 Å². The molecule has 0 aliphatic rings. The molecule has 0 saturated carbocycles. The molecule has 6 nitrogen and oxygen atoms in total. The summed E-state index contributed by atoms with van der Waals surface area (Å²) in [6.07, 6.45) is 29.7. The second kappa shape index (κ2) is 34.3. The molecule has 0 spiro atoms. The van der Waals surface area contributed by atoms with E-state index in [2.05, 4.69) is 34.6 Å². The van der Waals surface area contributed by atoms with E-state index >= 15 is 0 Å². The first-order valence-electron chi connectivity index (χ1n) is 20.3. The van der Waals surface area contributed by atoms with Crippen molar-refractivity contribution in [2.75, 3.05) is 13.2 Å². The van der Waals surface area contributed by atoms with E-state index in [1.807, 2.05) is 0 Å². The molecule has 0 saturated heterocycles. The zero-order valence-corrected chi connectivity index (χ0v) is 31.9. The zero-order chi connectivity index (χ0) is 34.8. The van der Waals surface area contributed by atoms with Crippen molar-refractivity contribution < 1.29 is 28.6 Å². The second-order valence-electron chi connectivity index (χ2n) is 14.6. The van der Waals surface area contributed by atoms with Crippen LogP contribution < -0.4 is 0 Å². The molecule has 0 aliphatic heterocycles. The Morgan fingerprint density at radius 1 is 0.447 bits per heavy atom. The lowest BCUT2D eigenvalue weighted by Gasteiger charge is -2.18. The average molecular weight is 667 g/mol. The molecule has 0 fully saturated rings. The Morgan fingerprint density at radius 2 is 0.809 bits per heavy atom. The summed E-state index contributed by atoms with van der Waals surface area (Å²) < 4.78 is 16.5. The number of hydrogen-bond acceptors (Lipinski definition) is 6. The highest BCUT2D eigenvalue weighted by molar-refractivity contribution is 5.71. The lowest BCUT2D eigenvalue weighted by molar-refractivity contribution is -0.167. The Balaban J connectivity index is 4.24. The first-order valence-corrected chi connectivity index (χ1v) is 20.3. The van der Waals surface area contributed by atoms with Gasteiger partial charge in [0.05, 0.1) is 0 Å². The van der Waals surface area contributed by atoms with Crippen LogP contribution in [0.2, 0.25) is 0 Å². The lowest BCUT2D eigenvalue weighted by atomic mass is 9.99. The van der Waals surface area contributed by atoms with Crippen LogP contribution in [0.3, 0.4) is 0 Å². The Morgan fingerprint density at radius 3 is 1.21 bits per heavy atom.